The Morgan fingerprint density at radius 3 is 2.34 bits per heavy atom. The molecule has 8 heteroatoms. The number of H-pyrrole nitrogens is 1. The number of methoxy groups -OCH3 is 1. The molecule has 0 bridgehead atoms. The van der Waals surface area contributed by atoms with Crippen LogP contribution in [0.15, 0.2) is 66.9 Å². The number of aliphatic carboxylic acids is 1. The van der Waals surface area contributed by atoms with Gasteiger partial charge in [0.25, 0.3) is 5.91 Å². The lowest BCUT2D eigenvalue weighted by Gasteiger charge is -2.28. The zero-order valence-electron chi connectivity index (χ0n) is 21.3. The number of amides is 1. The lowest BCUT2D eigenvalue weighted by atomic mass is 9.75. The zero-order valence-corrected chi connectivity index (χ0v) is 22.8. The van der Waals surface area contributed by atoms with Gasteiger partial charge in [0.05, 0.1) is 24.1 Å². The van der Waals surface area contributed by atoms with E-state index in [4.69, 9.17) is 33.0 Å². The average Bonchev–Trinajstić information content (AvgIpc) is 3.32. The highest BCUT2D eigenvalue weighted by Gasteiger charge is 2.29. The first-order chi connectivity index (χ1) is 18.3. The van der Waals surface area contributed by atoms with Gasteiger partial charge in [-0.1, -0.05) is 60.8 Å². The minimum absolute atomic E-state index is 0.0283. The molecule has 1 amide bonds. The summed E-state index contributed by atoms with van der Waals surface area (Å²) in [7, 11) is 1.65. The summed E-state index contributed by atoms with van der Waals surface area (Å²) in [6, 6.07) is 19.3. The number of carbonyl (C=O) groups is 2. The number of benzene rings is 3. The Labute approximate surface area is 231 Å². The van der Waals surface area contributed by atoms with Crippen LogP contribution in [-0.4, -0.2) is 35.6 Å². The van der Waals surface area contributed by atoms with Gasteiger partial charge in [-0.15, -0.1) is 0 Å². The molecule has 198 valence electrons. The first-order valence-electron chi connectivity index (χ1n) is 12.5. The predicted octanol–water partition coefficient (Wildman–Crippen LogP) is 7.40. The molecule has 0 saturated heterocycles. The summed E-state index contributed by atoms with van der Waals surface area (Å²) in [5, 5.41) is 13.6. The highest BCUT2D eigenvalue weighted by Crippen LogP contribution is 2.45. The summed E-state index contributed by atoms with van der Waals surface area (Å²) >= 11 is 12.9. The van der Waals surface area contributed by atoms with Crippen molar-refractivity contribution in [3.63, 3.8) is 0 Å². The Morgan fingerprint density at radius 1 is 1.03 bits per heavy atom. The molecule has 2 unspecified atom stereocenters. The normalized spacial score (nSPS) is 12.7. The Hall–Kier alpha value is -3.48. The first-order valence-corrected chi connectivity index (χ1v) is 13.3. The molecule has 6 nitrogen and oxygen atoms in total. The van der Waals surface area contributed by atoms with Gasteiger partial charge >= 0.3 is 5.97 Å². The molecular formula is C30H30Cl2N2O4. The van der Waals surface area contributed by atoms with Crippen LogP contribution >= 0.6 is 23.2 Å². The molecule has 4 rings (SSSR count). The molecule has 0 aliphatic carbocycles. The lowest BCUT2D eigenvalue weighted by Crippen LogP contribution is -2.26. The molecule has 0 aliphatic rings. The number of rotatable bonds is 11. The highest BCUT2D eigenvalue weighted by atomic mass is 35.5. The van der Waals surface area contributed by atoms with Crippen LogP contribution in [0.1, 0.15) is 65.1 Å². The van der Waals surface area contributed by atoms with E-state index in [0.29, 0.717) is 15.6 Å². The third kappa shape index (κ3) is 6.14. The van der Waals surface area contributed by atoms with E-state index in [-0.39, 0.29) is 30.7 Å². The van der Waals surface area contributed by atoms with Gasteiger partial charge in [-0.05, 0) is 65.4 Å². The molecule has 0 aliphatic heterocycles. The third-order valence-electron chi connectivity index (χ3n) is 6.78. The van der Waals surface area contributed by atoms with Crippen molar-refractivity contribution in [1.82, 2.24) is 10.3 Å². The average molecular weight is 553 g/mol. The number of hydrogen-bond acceptors (Lipinski definition) is 3. The van der Waals surface area contributed by atoms with E-state index in [1.807, 2.05) is 36.5 Å². The van der Waals surface area contributed by atoms with Crippen LogP contribution in [0.3, 0.4) is 0 Å². The molecule has 4 aromatic rings. The predicted molar refractivity (Wildman–Crippen MR) is 152 cm³/mol. The van der Waals surface area contributed by atoms with Crippen LogP contribution in [0.2, 0.25) is 10.0 Å². The number of carboxylic acids is 1. The largest absolute Gasteiger partial charge is 0.497 e. The number of nitrogens with one attached hydrogen (secondary N) is 2. The van der Waals surface area contributed by atoms with Gasteiger partial charge in [-0.2, -0.15) is 0 Å². The van der Waals surface area contributed by atoms with Crippen LogP contribution in [0.4, 0.5) is 0 Å². The Kier molecular flexibility index (Phi) is 8.97. The summed E-state index contributed by atoms with van der Waals surface area (Å²) in [6.45, 7) is 2.24. The first kappa shape index (κ1) is 27.6. The summed E-state index contributed by atoms with van der Waals surface area (Å²) in [5.41, 5.74) is 4.63. The number of aromatic amines is 1. The van der Waals surface area contributed by atoms with Gasteiger partial charge in [0, 0.05) is 34.6 Å². The molecule has 1 aromatic heterocycles. The van der Waals surface area contributed by atoms with Crippen molar-refractivity contribution in [3.05, 3.63) is 99.2 Å². The van der Waals surface area contributed by atoms with Crippen molar-refractivity contribution in [2.24, 2.45) is 0 Å². The fourth-order valence-corrected chi connectivity index (χ4v) is 5.52. The quantitative estimate of drug-likeness (QED) is 0.180. The van der Waals surface area contributed by atoms with Crippen LogP contribution in [0, 0.1) is 0 Å². The fraction of sp³-hybridized carbons (Fsp3) is 0.267. The minimum Gasteiger partial charge on any atom is -0.497 e. The number of aromatic nitrogens is 1. The second-order valence-electron chi connectivity index (χ2n) is 9.22. The molecule has 0 saturated carbocycles. The van der Waals surface area contributed by atoms with Gasteiger partial charge in [-0.25, -0.2) is 0 Å². The maximum absolute atomic E-state index is 12.5. The standard InChI is InChI=1S/C30H30Cl2N2O4/c1-3-4-23(18-5-7-20(8-6-18)30(37)33-14-13-27(35)36)28(19-9-11-22(38-2)12-10-19)25-17-34-29-24(25)15-21(31)16-26(29)32/h5-12,15-17,23,28,34H,3-4,13-14H2,1-2H3,(H,33,37)(H,35,36). The van der Waals surface area contributed by atoms with Gasteiger partial charge < -0.3 is 20.1 Å². The fourth-order valence-electron chi connectivity index (χ4n) is 4.98. The number of carbonyl (C=O) groups excluding carboxylic acids is 1. The molecule has 3 aromatic carbocycles. The van der Waals surface area contributed by atoms with Crippen LogP contribution in [-0.2, 0) is 4.79 Å². The molecule has 2 atom stereocenters. The lowest BCUT2D eigenvalue weighted by molar-refractivity contribution is -0.136. The monoisotopic (exact) mass is 552 g/mol. The molecule has 0 spiro atoms. The summed E-state index contributed by atoms with van der Waals surface area (Å²) < 4.78 is 5.40. The zero-order chi connectivity index (χ0) is 27.2. The van der Waals surface area contributed by atoms with E-state index < -0.39 is 5.97 Å². The van der Waals surface area contributed by atoms with Crippen molar-refractivity contribution in [2.75, 3.05) is 13.7 Å². The number of carboxylic acid groups (broad SMARTS) is 1. The number of halogens is 2. The van der Waals surface area contributed by atoms with E-state index in [1.54, 1.807) is 25.3 Å². The van der Waals surface area contributed by atoms with Gasteiger partial charge in [0.15, 0.2) is 0 Å². The Morgan fingerprint density at radius 2 is 1.71 bits per heavy atom. The third-order valence-corrected chi connectivity index (χ3v) is 7.29. The second-order valence-corrected chi connectivity index (χ2v) is 10.1. The van der Waals surface area contributed by atoms with Crippen LogP contribution in [0.25, 0.3) is 10.9 Å². The molecule has 1 heterocycles. The SMILES string of the molecule is CCCC(c1ccc(C(=O)NCCC(=O)O)cc1)C(c1ccc(OC)cc1)c1c[nH]c2c(Cl)cc(Cl)cc12. The van der Waals surface area contributed by atoms with Gasteiger partial charge in [0.1, 0.15) is 5.75 Å². The van der Waals surface area contributed by atoms with Gasteiger partial charge in [-0.3, -0.25) is 9.59 Å². The van der Waals surface area contributed by atoms with E-state index in [9.17, 15) is 9.59 Å². The van der Waals surface area contributed by atoms with Crippen molar-refractivity contribution < 1.29 is 19.4 Å². The Bertz CT molecular complexity index is 1410. The maximum atomic E-state index is 12.5. The maximum Gasteiger partial charge on any atom is 0.305 e. The molecule has 38 heavy (non-hydrogen) atoms. The van der Waals surface area contributed by atoms with Gasteiger partial charge in [0.2, 0.25) is 0 Å². The smallest absolute Gasteiger partial charge is 0.305 e. The molecule has 0 fully saturated rings. The topological polar surface area (TPSA) is 91.4 Å². The number of fused-ring (bicyclic) bond motifs is 1. The van der Waals surface area contributed by atoms with E-state index in [2.05, 4.69) is 29.4 Å². The summed E-state index contributed by atoms with van der Waals surface area (Å²) in [4.78, 5) is 26.6. The molecule has 0 radical (unpaired) electrons. The highest BCUT2D eigenvalue weighted by molar-refractivity contribution is 6.38. The van der Waals surface area contributed by atoms with Crippen LogP contribution in [0.5, 0.6) is 5.75 Å². The van der Waals surface area contributed by atoms with E-state index >= 15 is 0 Å². The second kappa shape index (κ2) is 12.4. The number of hydrogen-bond donors (Lipinski definition) is 3. The van der Waals surface area contributed by atoms with Crippen LogP contribution < -0.4 is 10.1 Å². The van der Waals surface area contributed by atoms with Crippen molar-refractivity contribution in [2.45, 2.75) is 38.0 Å². The summed E-state index contributed by atoms with van der Waals surface area (Å²) in [6.07, 6.45) is 3.75. The van der Waals surface area contributed by atoms with E-state index in [1.165, 1.54) is 0 Å². The number of ether oxygens (including phenoxy) is 1. The Balaban J connectivity index is 1.76. The van der Waals surface area contributed by atoms with Crippen molar-refractivity contribution in [1.29, 1.82) is 0 Å². The summed E-state index contributed by atoms with van der Waals surface area (Å²) in [5.74, 6) is -0.401. The van der Waals surface area contributed by atoms with E-state index in [0.717, 1.165) is 46.2 Å². The minimum atomic E-state index is -0.951. The van der Waals surface area contributed by atoms with Crippen molar-refractivity contribution in [3.8, 4) is 5.75 Å². The van der Waals surface area contributed by atoms with Crippen molar-refractivity contribution >= 4 is 46.0 Å². The molecule has 3 N–H and O–H groups in total. The molecular weight excluding hydrogens is 523 g/mol.